The Morgan fingerprint density at radius 2 is 1.48 bits per heavy atom. The van der Waals surface area contributed by atoms with Gasteiger partial charge in [-0.25, -0.2) is 4.79 Å². The Kier molecular flexibility index (Phi) is 13.7. The molecule has 2 amide bonds. The molecule has 0 radical (unpaired) electrons. The summed E-state index contributed by atoms with van der Waals surface area (Å²) in [6, 6.07) is 8.61. The molecular weight excluding hydrogens is 432 g/mol. The van der Waals surface area contributed by atoms with Crippen LogP contribution in [0.3, 0.4) is 0 Å². The van der Waals surface area contributed by atoms with Crippen LogP contribution >= 0.6 is 0 Å². The lowest BCUT2D eigenvalue weighted by atomic mass is 10.1. The average molecular weight is 469 g/mol. The van der Waals surface area contributed by atoms with E-state index in [1.54, 1.807) is 20.8 Å². The van der Waals surface area contributed by atoms with Crippen LogP contribution in [0.25, 0.3) is 0 Å². The summed E-state index contributed by atoms with van der Waals surface area (Å²) in [5.41, 5.74) is 0.243. The molecule has 0 unspecified atom stereocenters. The maximum Gasteiger partial charge on any atom is 0.408 e. The number of carboxylic acids is 1. The van der Waals surface area contributed by atoms with E-state index < -0.39 is 23.7 Å². The van der Waals surface area contributed by atoms with Crippen molar-refractivity contribution in [1.82, 2.24) is 10.6 Å². The first-order valence-corrected chi connectivity index (χ1v) is 10.9. The topological polar surface area (TPSA) is 132 Å². The van der Waals surface area contributed by atoms with Gasteiger partial charge in [-0.05, 0) is 26.3 Å². The zero-order valence-corrected chi connectivity index (χ0v) is 19.6. The molecular formula is C23H36N2O8. The molecule has 0 aliphatic heterocycles. The van der Waals surface area contributed by atoms with Gasteiger partial charge in [0.1, 0.15) is 11.6 Å². The van der Waals surface area contributed by atoms with Gasteiger partial charge in [0, 0.05) is 13.0 Å². The molecule has 0 heterocycles. The zero-order chi connectivity index (χ0) is 24.5. The quantitative estimate of drug-likeness (QED) is 0.313. The van der Waals surface area contributed by atoms with Crippen molar-refractivity contribution in [3.63, 3.8) is 0 Å². The van der Waals surface area contributed by atoms with E-state index in [2.05, 4.69) is 10.6 Å². The smallest absolute Gasteiger partial charge is 0.408 e. The first-order valence-electron chi connectivity index (χ1n) is 10.9. The van der Waals surface area contributed by atoms with E-state index in [1.807, 2.05) is 30.3 Å². The Balaban J connectivity index is 2.27. The number of benzene rings is 1. The van der Waals surface area contributed by atoms with Crippen molar-refractivity contribution < 1.29 is 38.4 Å². The molecule has 0 aliphatic carbocycles. The fraction of sp³-hybridized carbons (Fsp3) is 0.609. The van der Waals surface area contributed by atoms with Gasteiger partial charge in [0.15, 0.2) is 0 Å². The molecule has 0 spiro atoms. The Morgan fingerprint density at radius 1 is 0.909 bits per heavy atom. The molecule has 0 bridgehead atoms. The van der Waals surface area contributed by atoms with Crippen molar-refractivity contribution in [2.24, 2.45) is 0 Å². The number of hydrogen-bond donors (Lipinski definition) is 3. The third-order valence-electron chi connectivity index (χ3n) is 4.04. The van der Waals surface area contributed by atoms with Crippen LogP contribution in [-0.4, -0.2) is 80.9 Å². The van der Waals surface area contributed by atoms with Gasteiger partial charge in [-0.3, -0.25) is 9.59 Å². The number of nitrogens with one attached hydrogen (secondary N) is 2. The molecule has 3 N–H and O–H groups in total. The highest BCUT2D eigenvalue weighted by molar-refractivity contribution is 5.86. The van der Waals surface area contributed by atoms with E-state index >= 15 is 0 Å². The van der Waals surface area contributed by atoms with Gasteiger partial charge in [0.25, 0.3) is 0 Å². The van der Waals surface area contributed by atoms with Crippen molar-refractivity contribution in [2.75, 3.05) is 46.2 Å². The number of carbonyl (C=O) groups excluding carboxylic acids is 2. The van der Waals surface area contributed by atoms with Gasteiger partial charge >= 0.3 is 12.1 Å². The van der Waals surface area contributed by atoms with E-state index in [-0.39, 0.29) is 32.1 Å². The fourth-order valence-corrected chi connectivity index (χ4v) is 2.58. The summed E-state index contributed by atoms with van der Waals surface area (Å²) in [5, 5.41) is 13.9. The normalized spacial score (nSPS) is 12.1. The van der Waals surface area contributed by atoms with Gasteiger partial charge in [0.05, 0.1) is 46.1 Å². The predicted octanol–water partition coefficient (Wildman–Crippen LogP) is 1.76. The summed E-state index contributed by atoms with van der Waals surface area (Å²) in [4.78, 5) is 35.1. The highest BCUT2D eigenvalue weighted by Gasteiger charge is 2.24. The summed E-state index contributed by atoms with van der Waals surface area (Å²) >= 11 is 0. The lowest BCUT2D eigenvalue weighted by Crippen LogP contribution is -2.49. The van der Waals surface area contributed by atoms with Gasteiger partial charge in [-0.2, -0.15) is 0 Å². The number of carbonyl (C=O) groups is 3. The number of aliphatic carboxylic acids is 1. The summed E-state index contributed by atoms with van der Waals surface area (Å²) in [6.45, 7) is 7.34. The fourth-order valence-electron chi connectivity index (χ4n) is 2.58. The minimum Gasteiger partial charge on any atom is -0.481 e. The molecule has 0 aromatic heterocycles. The minimum absolute atomic E-state index is 0.0334. The van der Waals surface area contributed by atoms with Gasteiger partial charge < -0.3 is 34.7 Å². The molecule has 0 saturated heterocycles. The van der Waals surface area contributed by atoms with Crippen LogP contribution in [0.2, 0.25) is 0 Å². The second-order valence-corrected chi connectivity index (χ2v) is 8.16. The molecule has 1 aromatic rings. The van der Waals surface area contributed by atoms with Gasteiger partial charge in [-0.15, -0.1) is 0 Å². The first-order chi connectivity index (χ1) is 15.7. The molecule has 1 atom stereocenters. The summed E-state index contributed by atoms with van der Waals surface area (Å²) < 4.78 is 21.1. The first kappa shape index (κ1) is 28.3. The molecule has 1 aromatic carbocycles. The van der Waals surface area contributed by atoms with Crippen LogP contribution in [0.1, 0.15) is 32.8 Å². The summed E-state index contributed by atoms with van der Waals surface area (Å²) in [5.74, 6) is -1.23. The second-order valence-electron chi connectivity index (χ2n) is 8.16. The second kappa shape index (κ2) is 16.0. The Hall–Kier alpha value is -2.69. The maximum absolute atomic E-state index is 12.6. The molecule has 1 rings (SSSR count). The summed E-state index contributed by atoms with van der Waals surface area (Å²) in [6.07, 6.45) is -0.359. The monoisotopic (exact) mass is 468 g/mol. The summed E-state index contributed by atoms with van der Waals surface area (Å²) in [7, 11) is 0. The highest BCUT2D eigenvalue weighted by Crippen LogP contribution is 2.08. The molecule has 10 heteroatoms. The number of amides is 2. The lowest BCUT2D eigenvalue weighted by molar-refractivity contribution is -0.138. The average Bonchev–Trinajstić information content (AvgIpc) is 2.73. The number of rotatable bonds is 16. The van der Waals surface area contributed by atoms with E-state index in [4.69, 9.17) is 24.1 Å². The van der Waals surface area contributed by atoms with E-state index in [1.165, 1.54) is 0 Å². The van der Waals surface area contributed by atoms with Crippen molar-refractivity contribution in [3.05, 3.63) is 35.9 Å². The van der Waals surface area contributed by atoms with E-state index in [0.717, 1.165) is 5.56 Å². The van der Waals surface area contributed by atoms with Crippen molar-refractivity contribution >= 4 is 18.0 Å². The SMILES string of the molecule is CC(C)(C)OC(=O)N[C@@H](Cc1ccccc1)C(=O)NCCOCCOCCOCCC(=O)O. The number of carboxylic acid groups (broad SMARTS) is 1. The van der Waals surface area contributed by atoms with Crippen molar-refractivity contribution in [2.45, 2.75) is 45.3 Å². The molecule has 33 heavy (non-hydrogen) atoms. The minimum atomic E-state index is -0.900. The standard InChI is InChI=1S/C23H36N2O8/c1-23(2,3)33-22(29)25-19(17-18-7-5-4-6-8-18)21(28)24-10-12-31-14-16-32-15-13-30-11-9-20(26)27/h4-8,19H,9-17H2,1-3H3,(H,24,28)(H,25,29)(H,26,27)/t19-/m0/s1. The predicted molar refractivity (Wildman–Crippen MR) is 121 cm³/mol. The van der Waals surface area contributed by atoms with Gasteiger partial charge in [-0.1, -0.05) is 30.3 Å². The number of alkyl carbamates (subject to hydrolysis) is 1. The third-order valence-corrected chi connectivity index (χ3v) is 4.04. The maximum atomic E-state index is 12.6. The number of ether oxygens (including phenoxy) is 4. The lowest BCUT2D eigenvalue weighted by Gasteiger charge is -2.23. The van der Waals surface area contributed by atoms with Gasteiger partial charge in [0.2, 0.25) is 5.91 Å². The number of hydrogen-bond acceptors (Lipinski definition) is 7. The van der Waals surface area contributed by atoms with Crippen LogP contribution in [0.15, 0.2) is 30.3 Å². The molecule has 10 nitrogen and oxygen atoms in total. The highest BCUT2D eigenvalue weighted by atomic mass is 16.6. The van der Waals surface area contributed by atoms with Crippen LogP contribution in [0.5, 0.6) is 0 Å². The van der Waals surface area contributed by atoms with Crippen molar-refractivity contribution in [1.29, 1.82) is 0 Å². The van der Waals surface area contributed by atoms with Crippen molar-refractivity contribution in [3.8, 4) is 0 Å². The Bertz CT molecular complexity index is 706. The molecule has 0 aliphatic rings. The zero-order valence-electron chi connectivity index (χ0n) is 19.6. The van der Waals surface area contributed by atoms with Crippen LogP contribution in [-0.2, 0) is 35.0 Å². The molecule has 0 fully saturated rings. The Morgan fingerprint density at radius 3 is 2.06 bits per heavy atom. The van der Waals surface area contributed by atoms with Crippen LogP contribution in [0.4, 0.5) is 4.79 Å². The third kappa shape index (κ3) is 15.7. The Labute approximate surface area is 194 Å². The van der Waals surface area contributed by atoms with Crippen LogP contribution in [0, 0.1) is 0 Å². The van der Waals surface area contributed by atoms with E-state index in [9.17, 15) is 14.4 Å². The molecule has 0 saturated carbocycles. The van der Waals surface area contributed by atoms with E-state index in [0.29, 0.717) is 32.8 Å². The molecule has 186 valence electrons. The largest absolute Gasteiger partial charge is 0.481 e. The van der Waals surface area contributed by atoms with Crippen LogP contribution < -0.4 is 10.6 Å².